The van der Waals surface area contributed by atoms with Crippen molar-refractivity contribution >= 4 is 40.8 Å². The van der Waals surface area contributed by atoms with E-state index in [2.05, 4.69) is 10.6 Å². The van der Waals surface area contributed by atoms with E-state index in [0.29, 0.717) is 16.4 Å². The summed E-state index contributed by atoms with van der Waals surface area (Å²) in [5, 5.41) is 5.76. The molecule has 0 fully saturated rings. The smallest absolute Gasteiger partial charge is 0.338 e. The van der Waals surface area contributed by atoms with Gasteiger partial charge in [0, 0.05) is 30.2 Å². The summed E-state index contributed by atoms with van der Waals surface area (Å²) in [4.78, 5) is 34.8. The van der Waals surface area contributed by atoms with Crippen molar-refractivity contribution in [2.75, 3.05) is 10.6 Å². The molecule has 6 nitrogen and oxygen atoms in total. The average molecular weight is 361 g/mol. The first-order valence-corrected chi connectivity index (χ1v) is 7.83. The molecular formula is C18H17ClN2O4. The maximum absolute atomic E-state index is 12.3. The lowest BCUT2D eigenvalue weighted by Gasteiger charge is -2.11. The van der Waals surface area contributed by atoms with Crippen molar-refractivity contribution in [1.82, 2.24) is 0 Å². The molecule has 2 N–H and O–H groups in total. The number of hydrogen-bond acceptors (Lipinski definition) is 4. The van der Waals surface area contributed by atoms with Crippen LogP contribution in [0.4, 0.5) is 11.4 Å². The van der Waals surface area contributed by atoms with Gasteiger partial charge in [0.2, 0.25) is 11.8 Å². The van der Waals surface area contributed by atoms with Crippen LogP contribution in [0.15, 0.2) is 42.5 Å². The van der Waals surface area contributed by atoms with Gasteiger partial charge >= 0.3 is 5.97 Å². The molecule has 2 amide bonds. The molecule has 0 spiro atoms. The molecule has 0 saturated heterocycles. The van der Waals surface area contributed by atoms with E-state index in [1.54, 1.807) is 30.3 Å². The lowest BCUT2D eigenvalue weighted by molar-refractivity contribution is -0.115. The second kappa shape index (κ2) is 8.30. The van der Waals surface area contributed by atoms with E-state index in [4.69, 9.17) is 16.3 Å². The van der Waals surface area contributed by atoms with E-state index in [9.17, 15) is 14.4 Å². The molecule has 0 aliphatic heterocycles. The number of benzene rings is 2. The predicted octanol–water partition coefficient (Wildman–Crippen LogP) is 3.61. The van der Waals surface area contributed by atoms with E-state index in [1.807, 2.05) is 0 Å². The Hall–Kier alpha value is -2.86. The van der Waals surface area contributed by atoms with E-state index < -0.39 is 5.97 Å². The topological polar surface area (TPSA) is 84.5 Å². The van der Waals surface area contributed by atoms with Crippen LogP contribution in [0.1, 0.15) is 29.8 Å². The lowest BCUT2D eigenvalue weighted by Crippen LogP contribution is -2.12. The Balaban J connectivity index is 2.16. The minimum absolute atomic E-state index is 0.0792. The van der Waals surface area contributed by atoms with Gasteiger partial charge in [0.1, 0.15) is 6.61 Å². The molecule has 2 aromatic carbocycles. The third-order valence-corrected chi connectivity index (χ3v) is 3.34. The number of carbonyl (C=O) groups excluding carboxylic acids is 3. The van der Waals surface area contributed by atoms with Gasteiger partial charge in [-0.1, -0.05) is 23.7 Å². The van der Waals surface area contributed by atoms with E-state index in [1.165, 1.54) is 26.0 Å². The van der Waals surface area contributed by atoms with Gasteiger partial charge in [-0.05, 0) is 35.9 Å². The number of hydrogen-bond donors (Lipinski definition) is 2. The van der Waals surface area contributed by atoms with E-state index >= 15 is 0 Å². The normalized spacial score (nSPS) is 10.0. The third kappa shape index (κ3) is 5.93. The highest BCUT2D eigenvalue weighted by Crippen LogP contribution is 2.21. The number of ether oxygens (including phenoxy) is 1. The van der Waals surface area contributed by atoms with Crippen LogP contribution in [0.5, 0.6) is 0 Å². The Morgan fingerprint density at radius 1 is 0.920 bits per heavy atom. The Bertz CT molecular complexity index is 769. The molecule has 0 unspecified atom stereocenters. The Morgan fingerprint density at radius 3 is 1.92 bits per heavy atom. The van der Waals surface area contributed by atoms with Crippen LogP contribution in [-0.4, -0.2) is 17.8 Å². The van der Waals surface area contributed by atoms with Crippen LogP contribution in [0.2, 0.25) is 5.02 Å². The fraction of sp³-hybridized carbons (Fsp3) is 0.167. The second-order valence-electron chi connectivity index (χ2n) is 5.36. The first kappa shape index (κ1) is 18.5. The standard InChI is InChI=1S/C18H17ClN2O4/c1-11(22)20-16-7-14(8-17(9-16)21-12(2)23)18(24)25-10-13-3-5-15(19)6-4-13/h3-9H,10H2,1-2H3,(H,20,22)(H,21,23). The molecule has 0 radical (unpaired) electrons. The van der Waals surface area contributed by atoms with E-state index in [-0.39, 0.29) is 24.0 Å². The number of rotatable bonds is 5. The van der Waals surface area contributed by atoms with Crippen LogP contribution in [0, 0.1) is 0 Å². The summed E-state index contributed by atoms with van der Waals surface area (Å²) in [6.07, 6.45) is 0. The molecule has 0 aromatic heterocycles. The molecule has 0 atom stereocenters. The van der Waals surface area contributed by atoms with Crippen LogP contribution in [-0.2, 0) is 20.9 Å². The molecule has 0 aliphatic rings. The van der Waals surface area contributed by atoms with Gasteiger partial charge in [0.05, 0.1) is 5.56 Å². The first-order valence-electron chi connectivity index (χ1n) is 7.45. The number of esters is 1. The third-order valence-electron chi connectivity index (χ3n) is 3.09. The van der Waals surface area contributed by atoms with Crippen molar-refractivity contribution in [3.05, 3.63) is 58.6 Å². The highest BCUT2D eigenvalue weighted by Gasteiger charge is 2.12. The number of anilines is 2. The quantitative estimate of drug-likeness (QED) is 0.797. The summed E-state index contributed by atoms with van der Waals surface area (Å²) in [6, 6.07) is 11.4. The highest BCUT2D eigenvalue weighted by atomic mass is 35.5. The molecule has 7 heteroatoms. The Kier molecular flexibility index (Phi) is 6.14. The van der Waals surface area contributed by atoms with Crippen molar-refractivity contribution < 1.29 is 19.1 Å². The maximum atomic E-state index is 12.3. The zero-order valence-corrected chi connectivity index (χ0v) is 14.5. The van der Waals surface area contributed by atoms with Crippen molar-refractivity contribution in [2.24, 2.45) is 0 Å². The average Bonchev–Trinajstić information content (AvgIpc) is 2.52. The summed E-state index contributed by atoms with van der Waals surface area (Å²) >= 11 is 5.81. The van der Waals surface area contributed by atoms with Crippen molar-refractivity contribution in [3.63, 3.8) is 0 Å². The predicted molar refractivity (Wildman–Crippen MR) is 95.6 cm³/mol. The van der Waals surface area contributed by atoms with Gasteiger partial charge in [0.15, 0.2) is 0 Å². The molecule has 2 rings (SSSR count). The van der Waals surface area contributed by atoms with Gasteiger partial charge in [-0.2, -0.15) is 0 Å². The Labute approximate surface area is 150 Å². The molecule has 130 valence electrons. The first-order chi connectivity index (χ1) is 11.8. The number of amides is 2. The summed E-state index contributed by atoms with van der Waals surface area (Å²) in [6.45, 7) is 2.78. The maximum Gasteiger partial charge on any atom is 0.338 e. The van der Waals surface area contributed by atoms with Crippen LogP contribution in [0.3, 0.4) is 0 Å². The van der Waals surface area contributed by atoms with Crippen molar-refractivity contribution in [2.45, 2.75) is 20.5 Å². The van der Waals surface area contributed by atoms with Crippen LogP contribution < -0.4 is 10.6 Å². The van der Waals surface area contributed by atoms with Crippen molar-refractivity contribution in [1.29, 1.82) is 0 Å². The summed E-state index contributed by atoms with van der Waals surface area (Å²) in [5.74, 6) is -1.16. The van der Waals surface area contributed by atoms with Crippen molar-refractivity contribution in [3.8, 4) is 0 Å². The minimum Gasteiger partial charge on any atom is -0.457 e. The van der Waals surface area contributed by atoms with Gasteiger partial charge in [-0.15, -0.1) is 0 Å². The molecule has 0 saturated carbocycles. The van der Waals surface area contributed by atoms with Crippen LogP contribution in [0.25, 0.3) is 0 Å². The minimum atomic E-state index is -0.575. The zero-order chi connectivity index (χ0) is 18.4. The van der Waals surface area contributed by atoms with Gasteiger partial charge in [-0.3, -0.25) is 9.59 Å². The molecular weight excluding hydrogens is 344 g/mol. The van der Waals surface area contributed by atoms with Gasteiger partial charge in [-0.25, -0.2) is 4.79 Å². The zero-order valence-electron chi connectivity index (χ0n) is 13.8. The largest absolute Gasteiger partial charge is 0.457 e. The SMILES string of the molecule is CC(=O)Nc1cc(NC(C)=O)cc(C(=O)OCc2ccc(Cl)cc2)c1. The molecule has 2 aromatic rings. The summed E-state index contributed by atoms with van der Waals surface area (Å²) < 4.78 is 5.27. The summed E-state index contributed by atoms with van der Waals surface area (Å²) in [5.41, 5.74) is 1.77. The lowest BCUT2D eigenvalue weighted by atomic mass is 10.1. The van der Waals surface area contributed by atoms with Crippen LogP contribution >= 0.6 is 11.6 Å². The monoisotopic (exact) mass is 360 g/mol. The Morgan fingerprint density at radius 2 is 1.44 bits per heavy atom. The molecule has 25 heavy (non-hydrogen) atoms. The molecule has 0 bridgehead atoms. The number of carbonyl (C=O) groups is 3. The highest BCUT2D eigenvalue weighted by molar-refractivity contribution is 6.30. The van der Waals surface area contributed by atoms with Gasteiger partial charge in [0.25, 0.3) is 0 Å². The molecule has 0 heterocycles. The van der Waals surface area contributed by atoms with E-state index in [0.717, 1.165) is 5.56 Å². The fourth-order valence-electron chi connectivity index (χ4n) is 2.11. The number of halogens is 1. The fourth-order valence-corrected chi connectivity index (χ4v) is 2.24. The summed E-state index contributed by atoms with van der Waals surface area (Å²) in [7, 11) is 0. The number of nitrogens with one attached hydrogen (secondary N) is 2. The molecule has 0 aliphatic carbocycles. The second-order valence-corrected chi connectivity index (χ2v) is 5.80. The van der Waals surface area contributed by atoms with Gasteiger partial charge < -0.3 is 15.4 Å².